The first kappa shape index (κ1) is 17.5. The Morgan fingerprint density at radius 3 is 2.75 bits per heavy atom. The predicted molar refractivity (Wildman–Crippen MR) is 95.6 cm³/mol. The SMILES string of the molecule is CC(C)(C)CN1CCC[C@]2(CCN(C(=O)CCn3cccn3)C2)C1. The van der Waals surface area contributed by atoms with Gasteiger partial charge in [0.2, 0.25) is 5.91 Å². The van der Waals surface area contributed by atoms with Crippen molar-refractivity contribution in [3.8, 4) is 0 Å². The lowest BCUT2D eigenvalue weighted by atomic mass is 9.78. The van der Waals surface area contributed by atoms with Gasteiger partial charge in [-0.1, -0.05) is 20.8 Å². The number of nitrogens with zero attached hydrogens (tertiary/aromatic N) is 4. The van der Waals surface area contributed by atoms with Crippen molar-refractivity contribution in [2.75, 3.05) is 32.7 Å². The average molecular weight is 332 g/mol. The van der Waals surface area contributed by atoms with Crippen LogP contribution < -0.4 is 0 Å². The molecule has 1 aromatic heterocycles. The number of carbonyl (C=O) groups excluding carboxylic acids is 1. The Hall–Kier alpha value is -1.36. The van der Waals surface area contributed by atoms with Crippen molar-refractivity contribution >= 4 is 5.91 Å². The van der Waals surface area contributed by atoms with Crippen LogP contribution in [0.4, 0.5) is 0 Å². The summed E-state index contributed by atoms with van der Waals surface area (Å²) in [6.45, 7) is 13.0. The molecule has 0 aliphatic carbocycles. The quantitative estimate of drug-likeness (QED) is 0.851. The van der Waals surface area contributed by atoms with E-state index < -0.39 is 0 Å². The molecule has 2 saturated heterocycles. The van der Waals surface area contributed by atoms with Crippen LogP contribution in [-0.2, 0) is 11.3 Å². The third-order valence-electron chi connectivity index (χ3n) is 5.34. The van der Waals surface area contributed by atoms with Crippen LogP contribution in [0, 0.1) is 10.8 Å². The van der Waals surface area contributed by atoms with E-state index in [4.69, 9.17) is 0 Å². The zero-order chi connectivity index (χ0) is 17.2. The van der Waals surface area contributed by atoms with Gasteiger partial charge in [0.1, 0.15) is 0 Å². The number of piperidine rings is 1. The van der Waals surface area contributed by atoms with Crippen LogP contribution in [-0.4, -0.2) is 58.2 Å². The lowest BCUT2D eigenvalue weighted by molar-refractivity contribution is -0.131. The van der Waals surface area contributed by atoms with E-state index in [2.05, 4.69) is 35.7 Å². The van der Waals surface area contributed by atoms with Gasteiger partial charge in [0.15, 0.2) is 0 Å². The molecule has 24 heavy (non-hydrogen) atoms. The van der Waals surface area contributed by atoms with Gasteiger partial charge in [-0.05, 0) is 37.3 Å². The lowest BCUT2D eigenvalue weighted by Crippen LogP contribution is -2.47. The number of aromatic nitrogens is 2. The molecular weight excluding hydrogens is 300 g/mol. The highest BCUT2D eigenvalue weighted by Crippen LogP contribution is 2.39. The summed E-state index contributed by atoms with van der Waals surface area (Å²) in [5.74, 6) is 0.287. The van der Waals surface area contributed by atoms with E-state index in [0.717, 1.165) is 26.2 Å². The van der Waals surface area contributed by atoms with Gasteiger partial charge in [-0.25, -0.2) is 0 Å². The van der Waals surface area contributed by atoms with E-state index in [1.54, 1.807) is 6.20 Å². The molecule has 3 heterocycles. The van der Waals surface area contributed by atoms with E-state index >= 15 is 0 Å². The Kier molecular flexibility index (Phi) is 5.00. The first-order valence-electron chi connectivity index (χ1n) is 9.33. The van der Waals surface area contributed by atoms with Gasteiger partial charge in [0, 0.05) is 57.0 Å². The molecule has 5 nitrogen and oxygen atoms in total. The number of likely N-dealkylation sites (tertiary alicyclic amines) is 2. The van der Waals surface area contributed by atoms with Gasteiger partial charge in [-0.2, -0.15) is 5.10 Å². The maximum absolute atomic E-state index is 12.5. The number of hydrogen-bond donors (Lipinski definition) is 0. The van der Waals surface area contributed by atoms with E-state index in [9.17, 15) is 4.79 Å². The Morgan fingerprint density at radius 2 is 2.04 bits per heavy atom. The third-order valence-corrected chi connectivity index (χ3v) is 5.34. The van der Waals surface area contributed by atoms with Crippen molar-refractivity contribution in [2.45, 2.75) is 53.0 Å². The molecule has 0 unspecified atom stereocenters. The van der Waals surface area contributed by atoms with Crippen molar-refractivity contribution in [1.29, 1.82) is 0 Å². The van der Waals surface area contributed by atoms with Crippen molar-refractivity contribution in [3.05, 3.63) is 18.5 Å². The molecule has 1 aromatic rings. The molecule has 0 bridgehead atoms. The van der Waals surface area contributed by atoms with Crippen molar-refractivity contribution in [1.82, 2.24) is 19.6 Å². The lowest BCUT2D eigenvalue weighted by Gasteiger charge is -2.42. The van der Waals surface area contributed by atoms with Crippen molar-refractivity contribution in [2.24, 2.45) is 10.8 Å². The standard InChI is InChI=1S/C19H32N4O/c1-18(2,3)14-21-10-4-7-19(15-21)8-13-22(16-19)17(24)6-12-23-11-5-9-20-23/h5,9,11H,4,6-8,10,12-16H2,1-3H3/t19-/m0/s1. The van der Waals surface area contributed by atoms with E-state index in [0.29, 0.717) is 23.8 Å². The maximum atomic E-state index is 12.5. The molecule has 1 spiro atoms. The largest absolute Gasteiger partial charge is 0.342 e. The molecular formula is C19H32N4O. The minimum Gasteiger partial charge on any atom is -0.342 e. The molecule has 134 valence electrons. The molecule has 1 amide bonds. The Bertz CT molecular complexity index is 548. The first-order chi connectivity index (χ1) is 11.4. The van der Waals surface area contributed by atoms with Crippen LogP contribution >= 0.6 is 0 Å². The smallest absolute Gasteiger partial charge is 0.224 e. The number of aryl methyl sites for hydroxylation is 1. The van der Waals surface area contributed by atoms with Gasteiger partial charge in [-0.15, -0.1) is 0 Å². The van der Waals surface area contributed by atoms with Gasteiger partial charge >= 0.3 is 0 Å². The zero-order valence-electron chi connectivity index (χ0n) is 15.5. The predicted octanol–water partition coefficient (Wildman–Crippen LogP) is 2.63. The van der Waals surface area contributed by atoms with Crippen LogP contribution in [0.1, 0.15) is 46.5 Å². The summed E-state index contributed by atoms with van der Waals surface area (Å²) in [5.41, 5.74) is 0.682. The minimum atomic E-state index is 0.287. The molecule has 2 fully saturated rings. The second-order valence-electron chi connectivity index (χ2n) is 8.96. The van der Waals surface area contributed by atoms with E-state index in [1.807, 2.05) is 16.9 Å². The summed E-state index contributed by atoms with van der Waals surface area (Å²) < 4.78 is 1.84. The Labute approximate surface area is 146 Å². The van der Waals surface area contributed by atoms with Gasteiger partial charge in [-0.3, -0.25) is 9.48 Å². The first-order valence-corrected chi connectivity index (χ1v) is 9.33. The van der Waals surface area contributed by atoms with Crippen LogP contribution in [0.15, 0.2) is 18.5 Å². The molecule has 0 N–H and O–H groups in total. The summed E-state index contributed by atoms with van der Waals surface area (Å²) in [6.07, 6.45) is 7.96. The highest BCUT2D eigenvalue weighted by atomic mass is 16.2. The van der Waals surface area contributed by atoms with E-state index in [1.165, 1.54) is 25.8 Å². The molecule has 0 aromatic carbocycles. The van der Waals surface area contributed by atoms with Crippen LogP contribution in [0.3, 0.4) is 0 Å². The second-order valence-corrected chi connectivity index (χ2v) is 8.96. The van der Waals surface area contributed by atoms with Crippen LogP contribution in [0.2, 0.25) is 0 Å². The molecule has 0 saturated carbocycles. The summed E-state index contributed by atoms with van der Waals surface area (Å²) in [4.78, 5) is 17.3. The average Bonchev–Trinajstić information content (AvgIpc) is 3.13. The Morgan fingerprint density at radius 1 is 1.21 bits per heavy atom. The topological polar surface area (TPSA) is 41.4 Å². The summed E-state index contributed by atoms with van der Waals surface area (Å²) in [7, 11) is 0. The fourth-order valence-corrected chi connectivity index (χ4v) is 4.40. The van der Waals surface area contributed by atoms with E-state index in [-0.39, 0.29) is 5.91 Å². The molecule has 3 rings (SSSR count). The molecule has 2 aliphatic rings. The normalized spacial score (nSPS) is 25.5. The zero-order valence-corrected chi connectivity index (χ0v) is 15.5. The second kappa shape index (κ2) is 6.87. The molecule has 0 radical (unpaired) electrons. The van der Waals surface area contributed by atoms with Gasteiger partial charge in [0.05, 0.1) is 0 Å². The summed E-state index contributed by atoms with van der Waals surface area (Å²) in [6, 6.07) is 1.90. The monoisotopic (exact) mass is 332 g/mol. The Balaban J connectivity index is 1.52. The van der Waals surface area contributed by atoms with Crippen molar-refractivity contribution in [3.63, 3.8) is 0 Å². The highest BCUT2D eigenvalue weighted by Gasteiger charge is 2.42. The number of carbonyl (C=O) groups is 1. The number of amides is 1. The molecule has 1 atom stereocenters. The number of hydrogen-bond acceptors (Lipinski definition) is 3. The van der Waals surface area contributed by atoms with Crippen molar-refractivity contribution < 1.29 is 4.79 Å². The molecule has 5 heteroatoms. The fourth-order valence-electron chi connectivity index (χ4n) is 4.40. The van der Waals surface area contributed by atoms with Gasteiger partial charge < -0.3 is 9.80 Å². The maximum Gasteiger partial charge on any atom is 0.224 e. The fraction of sp³-hybridized carbons (Fsp3) is 0.789. The van der Waals surface area contributed by atoms with Crippen LogP contribution in [0.25, 0.3) is 0 Å². The summed E-state index contributed by atoms with van der Waals surface area (Å²) >= 11 is 0. The van der Waals surface area contributed by atoms with Crippen LogP contribution in [0.5, 0.6) is 0 Å². The highest BCUT2D eigenvalue weighted by molar-refractivity contribution is 5.76. The summed E-state index contributed by atoms with van der Waals surface area (Å²) in [5, 5.41) is 4.18. The molecule has 2 aliphatic heterocycles. The number of rotatable bonds is 4. The minimum absolute atomic E-state index is 0.287. The van der Waals surface area contributed by atoms with Gasteiger partial charge in [0.25, 0.3) is 0 Å². The third kappa shape index (κ3) is 4.38.